The SMILES string of the molecule is O=C(NCC1(c2ccccc2)CCC1)C1=Cc2ccccc2OC1. The molecule has 3 nitrogen and oxygen atoms in total. The Morgan fingerprint density at radius 1 is 1.04 bits per heavy atom. The van der Waals surface area contributed by atoms with Gasteiger partial charge >= 0.3 is 0 Å². The summed E-state index contributed by atoms with van der Waals surface area (Å²) in [5.41, 5.74) is 3.09. The van der Waals surface area contributed by atoms with Gasteiger partial charge < -0.3 is 10.1 Å². The van der Waals surface area contributed by atoms with E-state index >= 15 is 0 Å². The number of carbonyl (C=O) groups excluding carboxylic acids is 1. The van der Waals surface area contributed by atoms with Gasteiger partial charge in [0.1, 0.15) is 12.4 Å². The zero-order chi connectivity index (χ0) is 16.4. The molecule has 0 atom stereocenters. The molecular weight excluding hydrogens is 298 g/mol. The first-order valence-corrected chi connectivity index (χ1v) is 8.53. The fraction of sp³-hybridized carbons (Fsp3) is 0.286. The summed E-state index contributed by atoms with van der Waals surface area (Å²) < 4.78 is 5.68. The first-order valence-electron chi connectivity index (χ1n) is 8.53. The van der Waals surface area contributed by atoms with E-state index in [4.69, 9.17) is 4.74 Å². The van der Waals surface area contributed by atoms with Crippen LogP contribution in [0.25, 0.3) is 6.08 Å². The molecule has 0 unspecified atom stereocenters. The lowest BCUT2D eigenvalue weighted by molar-refractivity contribution is -0.118. The Balaban J connectivity index is 1.46. The fourth-order valence-corrected chi connectivity index (χ4v) is 3.57. The van der Waals surface area contributed by atoms with E-state index in [0.717, 1.165) is 24.2 Å². The minimum atomic E-state index is -0.0216. The second-order valence-corrected chi connectivity index (χ2v) is 6.68. The summed E-state index contributed by atoms with van der Waals surface area (Å²) in [7, 11) is 0. The summed E-state index contributed by atoms with van der Waals surface area (Å²) in [4.78, 5) is 12.6. The average Bonchev–Trinajstić information content (AvgIpc) is 2.61. The molecule has 24 heavy (non-hydrogen) atoms. The first kappa shape index (κ1) is 15.0. The first-order chi connectivity index (χ1) is 11.8. The largest absolute Gasteiger partial charge is 0.488 e. The van der Waals surface area contributed by atoms with E-state index in [-0.39, 0.29) is 11.3 Å². The summed E-state index contributed by atoms with van der Waals surface area (Å²) in [5.74, 6) is 0.820. The summed E-state index contributed by atoms with van der Waals surface area (Å²) in [6, 6.07) is 18.3. The standard InChI is InChI=1S/C21H21NO2/c23-20(17-13-16-7-4-5-10-19(16)24-14-17)22-15-21(11-6-12-21)18-8-2-1-3-9-18/h1-5,7-10,13H,6,11-12,14-15H2,(H,22,23). The van der Waals surface area contributed by atoms with Crippen LogP contribution in [0.5, 0.6) is 5.75 Å². The normalized spacial score (nSPS) is 17.8. The number of hydrogen-bond acceptors (Lipinski definition) is 2. The molecule has 2 aromatic rings. The molecule has 0 bridgehead atoms. The predicted molar refractivity (Wildman–Crippen MR) is 94.9 cm³/mol. The summed E-state index contributed by atoms with van der Waals surface area (Å²) in [6.45, 7) is 1.02. The number of hydrogen-bond donors (Lipinski definition) is 1. The lowest BCUT2D eigenvalue weighted by Crippen LogP contribution is -2.46. The highest BCUT2D eigenvalue weighted by molar-refractivity contribution is 5.99. The van der Waals surface area contributed by atoms with Gasteiger partial charge in [-0.15, -0.1) is 0 Å². The van der Waals surface area contributed by atoms with Crippen molar-refractivity contribution in [1.82, 2.24) is 5.32 Å². The molecule has 1 amide bonds. The summed E-state index contributed by atoms with van der Waals surface area (Å²) in [6.07, 6.45) is 5.43. The molecule has 0 spiro atoms. The molecule has 2 aliphatic rings. The third kappa shape index (κ3) is 2.71. The number of rotatable bonds is 4. The Kier molecular flexibility index (Phi) is 3.85. The van der Waals surface area contributed by atoms with Crippen LogP contribution in [0.15, 0.2) is 60.2 Å². The Morgan fingerprint density at radius 2 is 1.79 bits per heavy atom. The Labute approximate surface area is 142 Å². The molecule has 1 saturated carbocycles. The predicted octanol–water partition coefficient (Wildman–Crippen LogP) is 3.70. The lowest BCUT2D eigenvalue weighted by Gasteiger charge is -2.42. The highest BCUT2D eigenvalue weighted by Crippen LogP contribution is 2.43. The molecular formula is C21H21NO2. The molecule has 3 heteroatoms. The van der Waals surface area contributed by atoms with Crippen LogP contribution < -0.4 is 10.1 Å². The second-order valence-electron chi connectivity index (χ2n) is 6.68. The van der Waals surface area contributed by atoms with Crippen molar-refractivity contribution in [3.05, 3.63) is 71.3 Å². The maximum atomic E-state index is 12.6. The van der Waals surface area contributed by atoms with E-state index in [2.05, 4.69) is 29.6 Å². The van der Waals surface area contributed by atoms with Crippen molar-refractivity contribution >= 4 is 12.0 Å². The molecule has 0 radical (unpaired) electrons. The highest BCUT2D eigenvalue weighted by atomic mass is 16.5. The molecule has 1 aliphatic heterocycles. The van der Waals surface area contributed by atoms with Crippen molar-refractivity contribution in [1.29, 1.82) is 0 Å². The number of nitrogens with one attached hydrogen (secondary N) is 1. The van der Waals surface area contributed by atoms with Crippen LogP contribution in [0.4, 0.5) is 0 Å². The summed E-state index contributed by atoms with van der Waals surface area (Å²) in [5, 5.41) is 3.14. The van der Waals surface area contributed by atoms with Crippen molar-refractivity contribution in [2.45, 2.75) is 24.7 Å². The van der Waals surface area contributed by atoms with Gasteiger partial charge in [-0.3, -0.25) is 4.79 Å². The molecule has 122 valence electrons. The van der Waals surface area contributed by atoms with E-state index in [9.17, 15) is 4.79 Å². The lowest BCUT2D eigenvalue weighted by atomic mass is 9.64. The molecule has 2 aromatic carbocycles. The molecule has 4 rings (SSSR count). The van der Waals surface area contributed by atoms with Gasteiger partial charge in [0.25, 0.3) is 5.91 Å². The monoisotopic (exact) mass is 319 g/mol. The van der Waals surface area contributed by atoms with Gasteiger partial charge in [-0.2, -0.15) is 0 Å². The Bertz CT molecular complexity index is 775. The van der Waals surface area contributed by atoms with Crippen LogP contribution >= 0.6 is 0 Å². The van der Waals surface area contributed by atoms with Gasteiger partial charge in [0.05, 0.1) is 5.57 Å². The fourth-order valence-electron chi connectivity index (χ4n) is 3.57. The average molecular weight is 319 g/mol. The van der Waals surface area contributed by atoms with Gasteiger partial charge in [0, 0.05) is 17.5 Å². The topological polar surface area (TPSA) is 38.3 Å². The third-order valence-electron chi connectivity index (χ3n) is 5.21. The van der Waals surface area contributed by atoms with Crippen LogP contribution in [-0.2, 0) is 10.2 Å². The van der Waals surface area contributed by atoms with Crippen molar-refractivity contribution < 1.29 is 9.53 Å². The van der Waals surface area contributed by atoms with E-state index in [1.165, 1.54) is 12.0 Å². The number of fused-ring (bicyclic) bond motifs is 1. The van der Waals surface area contributed by atoms with E-state index in [1.807, 2.05) is 36.4 Å². The van der Waals surface area contributed by atoms with Gasteiger partial charge in [0.15, 0.2) is 0 Å². The van der Waals surface area contributed by atoms with E-state index in [0.29, 0.717) is 18.7 Å². The van der Waals surface area contributed by atoms with Crippen LogP contribution in [0.3, 0.4) is 0 Å². The third-order valence-corrected chi connectivity index (χ3v) is 5.21. The Morgan fingerprint density at radius 3 is 2.54 bits per heavy atom. The molecule has 0 aromatic heterocycles. The summed E-state index contributed by atoms with van der Waals surface area (Å²) >= 11 is 0. The Hall–Kier alpha value is -2.55. The van der Waals surface area contributed by atoms with Gasteiger partial charge in [-0.25, -0.2) is 0 Å². The number of para-hydroxylation sites is 1. The van der Waals surface area contributed by atoms with Crippen LogP contribution in [-0.4, -0.2) is 19.1 Å². The second kappa shape index (κ2) is 6.16. The van der Waals surface area contributed by atoms with Crippen molar-refractivity contribution in [2.75, 3.05) is 13.2 Å². The van der Waals surface area contributed by atoms with Gasteiger partial charge in [-0.1, -0.05) is 55.0 Å². The van der Waals surface area contributed by atoms with Crippen LogP contribution in [0.1, 0.15) is 30.4 Å². The maximum Gasteiger partial charge on any atom is 0.250 e. The van der Waals surface area contributed by atoms with Crippen molar-refractivity contribution in [2.24, 2.45) is 0 Å². The number of benzene rings is 2. The van der Waals surface area contributed by atoms with Crippen LogP contribution in [0, 0.1) is 0 Å². The van der Waals surface area contributed by atoms with E-state index < -0.39 is 0 Å². The van der Waals surface area contributed by atoms with Gasteiger partial charge in [-0.05, 0) is 30.5 Å². The molecule has 1 N–H and O–H groups in total. The zero-order valence-corrected chi connectivity index (χ0v) is 13.6. The minimum Gasteiger partial charge on any atom is -0.488 e. The van der Waals surface area contributed by atoms with Gasteiger partial charge in [0.2, 0.25) is 0 Å². The molecule has 1 heterocycles. The minimum absolute atomic E-state index is 0.0216. The van der Waals surface area contributed by atoms with Crippen molar-refractivity contribution in [3.8, 4) is 5.75 Å². The number of ether oxygens (including phenoxy) is 1. The smallest absolute Gasteiger partial charge is 0.250 e. The highest BCUT2D eigenvalue weighted by Gasteiger charge is 2.38. The maximum absolute atomic E-state index is 12.6. The van der Waals surface area contributed by atoms with Crippen LogP contribution in [0.2, 0.25) is 0 Å². The van der Waals surface area contributed by atoms with E-state index in [1.54, 1.807) is 0 Å². The quantitative estimate of drug-likeness (QED) is 0.933. The molecule has 0 saturated heterocycles. The molecule has 1 fully saturated rings. The zero-order valence-electron chi connectivity index (χ0n) is 13.6. The van der Waals surface area contributed by atoms with Crippen molar-refractivity contribution in [3.63, 3.8) is 0 Å². The number of amides is 1. The molecule has 1 aliphatic carbocycles. The number of carbonyl (C=O) groups is 1.